The van der Waals surface area contributed by atoms with E-state index in [4.69, 9.17) is 28.4 Å². The number of ether oxygens (including phenoxy) is 6. The van der Waals surface area contributed by atoms with Crippen molar-refractivity contribution in [2.75, 3.05) is 33.0 Å². The first-order valence-corrected chi connectivity index (χ1v) is 25.1. The minimum absolute atomic E-state index is 0.0700. The molecule has 11 unspecified atom stereocenters. The van der Waals surface area contributed by atoms with E-state index in [0.29, 0.717) is 13.0 Å². The van der Waals surface area contributed by atoms with Gasteiger partial charge in [-0.25, -0.2) is 0 Å². The Morgan fingerprint density at radius 2 is 0.855 bits per heavy atom. The molecule has 2 fully saturated rings. The smallest absolute Gasteiger partial charge is 0.306 e. The molecule has 11 atom stereocenters. The van der Waals surface area contributed by atoms with Crippen molar-refractivity contribution in [1.82, 2.24) is 0 Å². The molecular formula is C48H92O14. The quantitative estimate of drug-likeness (QED) is 0.0246. The van der Waals surface area contributed by atoms with Gasteiger partial charge in [-0.1, -0.05) is 181 Å². The molecule has 368 valence electrons. The third-order valence-corrected chi connectivity index (χ3v) is 12.4. The van der Waals surface area contributed by atoms with Crippen molar-refractivity contribution in [2.45, 2.75) is 268 Å². The number of carbonyl (C=O) groups excluding carboxylic acids is 1. The van der Waals surface area contributed by atoms with Gasteiger partial charge in [-0.05, 0) is 12.8 Å². The van der Waals surface area contributed by atoms with Gasteiger partial charge in [-0.15, -0.1) is 0 Å². The van der Waals surface area contributed by atoms with Crippen molar-refractivity contribution in [2.24, 2.45) is 0 Å². The minimum Gasteiger partial charge on any atom is -0.457 e. The SMILES string of the molecule is CCCCCCCCCCCCCCCCOCC(COC1OC(COC2OC(CO)C(O)C(O)C2O)C(O)C(O)C1O)OC(=O)CCCCCCCCCCCCCCCC. The van der Waals surface area contributed by atoms with Crippen LogP contribution in [0.5, 0.6) is 0 Å². The van der Waals surface area contributed by atoms with E-state index in [1.54, 1.807) is 0 Å². The van der Waals surface area contributed by atoms with Crippen LogP contribution >= 0.6 is 0 Å². The third kappa shape index (κ3) is 25.0. The van der Waals surface area contributed by atoms with Gasteiger partial charge in [0.15, 0.2) is 12.6 Å². The van der Waals surface area contributed by atoms with Gasteiger partial charge >= 0.3 is 5.97 Å². The van der Waals surface area contributed by atoms with Crippen LogP contribution in [0.25, 0.3) is 0 Å². The summed E-state index contributed by atoms with van der Waals surface area (Å²) in [6.45, 7) is 3.72. The Morgan fingerprint density at radius 1 is 0.468 bits per heavy atom. The maximum Gasteiger partial charge on any atom is 0.306 e. The van der Waals surface area contributed by atoms with E-state index in [0.717, 1.165) is 38.5 Å². The van der Waals surface area contributed by atoms with Crippen LogP contribution in [-0.4, -0.2) is 142 Å². The molecule has 2 saturated heterocycles. The van der Waals surface area contributed by atoms with E-state index in [9.17, 15) is 40.5 Å². The van der Waals surface area contributed by atoms with Gasteiger partial charge in [0.1, 0.15) is 54.9 Å². The summed E-state index contributed by atoms with van der Waals surface area (Å²) in [7, 11) is 0. The predicted octanol–water partition coefficient (Wildman–Crippen LogP) is 6.91. The highest BCUT2D eigenvalue weighted by Gasteiger charge is 2.47. The average Bonchev–Trinajstić information content (AvgIpc) is 3.27. The standard InChI is InChI=1S/C48H92O14/c1-3-5-7-9-11-13-15-17-19-21-23-25-27-29-31-40(50)60-37(34-57-32-30-28-26-24-22-20-18-16-14-12-10-8-6-4-2)35-58-47-46(56)44(54)42(52)39(62-47)36-59-48-45(55)43(53)41(51)38(33-49)61-48/h37-39,41-49,51-56H,3-36H2,1-2H3. The summed E-state index contributed by atoms with van der Waals surface area (Å²) in [5, 5.41) is 72.0. The molecule has 0 aliphatic carbocycles. The molecule has 62 heavy (non-hydrogen) atoms. The predicted molar refractivity (Wildman–Crippen MR) is 238 cm³/mol. The molecule has 0 spiro atoms. The van der Waals surface area contributed by atoms with E-state index in [-0.39, 0.29) is 25.6 Å². The van der Waals surface area contributed by atoms with E-state index in [2.05, 4.69) is 13.8 Å². The zero-order valence-electron chi connectivity index (χ0n) is 38.9. The van der Waals surface area contributed by atoms with Gasteiger partial charge in [0.2, 0.25) is 0 Å². The van der Waals surface area contributed by atoms with Crippen LogP contribution in [0.15, 0.2) is 0 Å². The first-order chi connectivity index (χ1) is 30.1. The Hall–Kier alpha value is -1.01. The number of rotatable bonds is 40. The van der Waals surface area contributed by atoms with Crippen LogP contribution in [0.4, 0.5) is 0 Å². The number of hydrogen-bond donors (Lipinski definition) is 7. The summed E-state index contributed by atoms with van der Waals surface area (Å²) in [4.78, 5) is 13.0. The highest BCUT2D eigenvalue weighted by atomic mass is 16.7. The summed E-state index contributed by atoms with van der Waals surface area (Å²) >= 11 is 0. The monoisotopic (exact) mass is 893 g/mol. The summed E-state index contributed by atoms with van der Waals surface area (Å²) in [5.41, 5.74) is 0. The summed E-state index contributed by atoms with van der Waals surface area (Å²) < 4.78 is 34.2. The maximum atomic E-state index is 13.0. The second-order valence-electron chi connectivity index (χ2n) is 18.0. The Bertz CT molecular complexity index is 1040. The molecular weight excluding hydrogens is 801 g/mol. The number of unbranched alkanes of at least 4 members (excludes halogenated alkanes) is 26. The molecule has 0 aromatic carbocycles. The lowest BCUT2D eigenvalue weighted by Crippen LogP contribution is -2.61. The lowest BCUT2D eigenvalue weighted by atomic mass is 9.98. The van der Waals surface area contributed by atoms with Crippen LogP contribution in [-0.2, 0) is 33.2 Å². The molecule has 2 rings (SSSR count). The molecule has 0 aromatic heterocycles. The topological polar surface area (TPSA) is 214 Å². The fraction of sp³-hybridized carbons (Fsp3) is 0.979. The zero-order chi connectivity index (χ0) is 45.2. The van der Waals surface area contributed by atoms with Crippen LogP contribution in [0.2, 0.25) is 0 Å². The molecule has 2 aliphatic rings. The zero-order valence-corrected chi connectivity index (χ0v) is 38.9. The van der Waals surface area contributed by atoms with Crippen LogP contribution in [0, 0.1) is 0 Å². The molecule has 0 amide bonds. The summed E-state index contributed by atoms with van der Waals surface area (Å²) in [6, 6.07) is 0. The van der Waals surface area contributed by atoms with Crippen molar-refractivity contribution in [1.29, 1.82) is 0 Å². The first kappa shape index (κ1) is 57.1. The molecule has 2 aliphatic heterocycles. The molecule has 14 nitrogen and oxygen atoms in total. The fourth-order valence-corrected chi connectivity index (χ4v) is 8.23. The van der Waals surface area contributed by atoms with Gasteiger partial charge in [0.25, 0.3) is 0 Å². The highest BCUT2D eigenvalue weighted by molar-refractivity contribution is 5.69. The molecule has 2 heterocycles. The van der Waals surface area contributed by atoms with Crippen LogP contribution < -0.4 is 0 Å². The van der Waals surface area contributed by atoms with E-state index < -0.39 is 80.7 Å². The van der Waals surface area contributed by atoms with Crippen molar-refractivity contribution in [3.8, 4) is 0 Å². The second-order valence-corrected chi connectivity index (χ2v) is 18.0. The second kappa shape index (κ2) is 37.1. The molecule has 0 radical (unpaired) electrons. The largest absolute Gasteiger partial charge is 0.457 e. The molecule has 7 N–H and O–H groups in total. The number of aliphatic hydroxyl groups is 7. The third-order valence-electron chi connectivity index (χ3n) is 12.4. The fourth-order valence-electron chi connectivity index (χ4n) is 8.23. The number of carbonyl (C=O) groups is 1. The van der Waals surface area contributed by atoms with E-state index >= 15 is 0 Å². The molecule has 14 heteroatoms. The summed E-state index contributed by atoms with van der Waals surface area (Å²) in [5.74, 6) is -0.371. The van der Waals surface area contributed by atoms with Gasteiger partial charge in [-0.3, -0.25) is 4.79 Å². The van der Waals surface area contributed by atoms with Gasteiger partial charge in [0.05, 0.1) is 26.4 Å². The maximum absolute atomic E-state index is 13.0. The van der Waals surface area contributed by atoms with Crippen LogP contribution in [0.3, 0.4) is 0 Å². The van der Waals surface area contributed by atoms with Gasteiger partial charge < -0.3 is 64.2 Å². The van der Waals surface area contributed by atoms with Crippen molar-refractivity contribution >= 4 is 5.97 Å². The molecule has 0 saturated carbocycles. The van der Waals surface area contributed by atoms with Crippen molar-refractivity contribution in [3.63, 3.8) is 0 Å². The van der Waals surface area contributed by atoms with Gasteiger partial charge in [0, 0.05) is 13.0 Å². The van der Waals surface area contributed by atoms with Crippen LogP contribution in [0.1, 0.15) is 200 Å². The molecule has 0 aromatic rings. The van der Waals surface area contributed by atoms with E-state index in [1.807, 2.05) is 0 Å². The normalized spacial score (nSPS) is 27.1. The first-order valence-electron chi connectivity index (χ1n) is 25.1. The van der Waals surface area contributed by atoms with Crippen molar-refractivity contribution < 1.29 is 69.0 Å². The minimum atomic E-state index is -1.70. The molecule has 0 bridgehead atoms. The van der Waals surface area contributed by atoms with Crippen molar-refractivity contribution in [3.05, 3.63) is 0 Å². The Balaban J connectivity index is 1.78. The van der Waals surface area contributed by atoms with Gasteiger partial charge in [-0.2, -0.15) is 0 Å². The Kier molecular flexibility index (Phi) is 34.2. The number of aliphatic hydroxyl groups excluding tert-OH is 7. The average molecular weight is 893 g/mol. The number of hydrogen-bond acceptors (Lipinski definition) is 14. The lowest BCUT2D eigenvalue weighted by Gasteiger charge is -2.42. The highest BCUT2D eigenvalue weighted by Crippen LogP contribution is 2.26. The lowest BCUT2D eigenvalue weighted by molar-refractivity contribution is -0.332. The number of esters is 1. The Labute approximate surface area is 374 Å². The Morgan fingerprint density at radius 3 is 1.31 bits per heavy atom. The summed E-state index contributed by atoms with van der Waals surface area (Å²) in [6.07, 6.45) is 18.7. The van der Waals surface area contributed by atoms with E-state index in [1.165, 1.54) is 135 Å².